The highest BCUT2D eigenvalue weighted by Gasteiger charge is 2.26. The molecule has 2 N–H and O–H groups in total. The molecule has 2 rings (SSSR count). The molecule has 0 aliphatic rings. The van der Waals surface area contributed by atoms with Crippen LogP contribution in [-0.4, -0.2) is 10.1 Å². The number of aromatic nitrogens is 1. The van der Waals surface area contributed by atoms with E-state index in [1.54, 1.807) is 6.20 Å². The smallest absolute Gasteiger partial charge is 0.152 e. The third-order valence-corrected chi connectivity index (χ3v) is 4.07. The van der Waals surface area contributed by atoms with E-state index in [1.807, 2.05) is 24.3 Å². The van der Waals surface area contributed by atoms with Crippen LogP contribution in [0.3, 0.4) is 0 Å². The van der Waals surface area contributed by atoms with Crippen molar-refractivity contribution in [3.63, 3.8) is 0 Å². The Labute approximate surface area is 143 Å². The van der Waals surface area contributed by atoms with Crippen molar-refractivity contribution in [1.29, 1.82) is 0 Å². The average Bonchev–Trinajstić information content (AvgIpc) is 2.40. The Bertz CT molecular complexity index is 677. The van der Waals surface area contributed by atoms with Crippen molar-refractivity contribution in [3.8, 4) is 5.75 Å². The molecular weight excluding hydrogens is 308 g/mol. The molecule has 4 heteroatoms. The number of phenolic OH excluding ortho intramolecular Hbond substituents is 1. The number of pyridine rings is 1. The molecule has 1 heterocycles. The number of benzene rings is 1. The van der Waals surface area contributed by atoms with Crippen LogP contribution in [0.4, 0.5) is 11.4 Å². The number of nitrogens with one attached hydrogen (secondary N) is 1. The van der Waals surface area contributed by atoms with Crippen LogP contribution >= 0.6 is 11.6 Å². The largest absolute Gasteiger partial charge is 0.507 e. The molecule has 0 saturated carbocycles. The second-order valence-corrected chi connectivity index (χ2v) is 8.24. The Morgan fingerprint density at radius 3 is 1.96 bits per heavy atom. The summed E-state index contributed by atoms with van der Waals surface area (Å²) in [6.07, 6.45) is 1.66. The summed E-state index contributed by atoms with van der Waals surface area (Å²) in [5.41, 5.74) is 3.13. The monoisotopic (exact) mass is 332 g/mol. The maximum Gasteiger partial charge on any atom is 0.152 e. The SMILES string of the molecule is CC(C)(C)c1cc(Nc2cccnc2Cl)cc(C(C)(C)C)c1O. The number of halogens is 1. The Morgan fingerprint density at radius 2 is 1.52 bits per heavy atom. The van der Waals surface area contributed by atoms with Gasteiger partial charge in [0, 0.05) is 23.0 Å². The zero-order valence-electron chi connectivity index (χ0n) is 14.7. The first-order valence-corrected chi connectivity index (χ1v) is 8.13. The maximum atomic E-state index is 10.7. The van der Waals surface area contributed by atoms with E-state index in [-0.39, 0.29) is 10.8 Å². The summed E-state index contributed by atoms with van der Waals surface area (Å²) in [4.78, 5) is 4.09. The second-order valence-electron chi connectivity index (χ2n) is 7.89. The molecule has 0 amide bonds. The third-order valence-electron chi connectivity index (χ3n) is 3.76. The highest BCUT2D eigenvalue weighted by molar-refractivity contribution is 6.32. The number of hydrogen-bond acceptors (Lipinski definition) is 3. The van der Waals surface area contributed by atoms with Gasteiger partial charge < -0.3 is 10.4 Å². The van der Waals surface area contributed by atoms with Crippen LogP contribution in [0.25, 0.3) is 0 Å². The van der Waals surface area contributed by atoms with Crippen LogP contribution in [0.5, 0.6) is 5.75 Å². The fourth-order valence-corrected chi connectivity index (χ4v) is 2.65. The summed E-state index contributed by atoms with van der Waals surface area (Å²) in [6.45, 7) is 12.6. The highest BCUT2D eigenvalue weighted by atomic mass is 35.5. The minimum absolute atomic E-state index is 0.166. The van der Waals surface area contributed by atoms with E-state index in [9.17, 15) is 5.11 Å². The fraction of sp³-hybridized carbons (Fsp3) is 0.421. The zero-order valence-corrected chi connectivity index (χ0v) is 15.4. The minimum atomic E-state index is -0.166. The van der Waals surface area contributed by atoms with Gasteiger partial charge in [-0.05, 0) is 35.1 Å². The molecule has 0 saturated heterocycles. The van der Waals surface area contributed by atoms with Crippen molar-refractivity contribution in [2.75, 3.05) is 5.32 Å². The van der Waals surface area contributed by atoms with Crippen LogP contribution < -0.4 is 5.32 Å². The summed E-state index contributed by atoms with van der Waals surface area (Å²) < 4.78 is 0. The lowest BCUT2D eigenvalue weighted by atomic mass is 9.79. The van der Waals surface area contributed by atoms with E-state index >= 15 is 0 Å². The molecule has 0 radical (unpaired) electrons. The summed E-state index contributed by atoms with van der Waals surface area (Å²) in [5, 5.41) is 14.5. The van der Waals surface area contributed by atoms with Crippen LogP contribution in [0, 0.1) is 0 Å². The number of nitrogens with zero attached hydrogens (tertiary/aromatic N) is 1. The maximum absolute atomic E-state index is 10.7. The van der Waals surface area contributed by atoms with Crippen LogP contribution in [-0.2, 0) is 10.8 Å². The molecule has 23 heavy (non-hydrogen) atoms. The first-order chi connectivity index (χ1) is 10.5. The van der Waals surface area contributed by atoms with Gasteiger partial charge in [-0.25, -0.2) is 4.98 Å². The number of anilines is 2. The first kappa shape index (κ1) is 17.6. The van der Waals surface area contributed by atoms with Gasteiger partial charge in [0.1, 0.15) is 5.75 Å². The van der Waals surface area contributed by atoms with Gasteiger partial charge in [0.15, 0.2) is 5.15 Å². The van der Waals surface area contributed by atoms with Gasteiger partial charge in [0.25, 0.3) is 0 Å². The van der Waals surface area contributed by atoms with Crippen LogP contribution in [0.15, 0.2) is 30.5 Å². The summed E-state index contributed by atoms with van der Waals surface area (Å²) in [7, 11) is 0. The standard InChI is InChI=1S/C19H25ClN2O/c1-18(2,3)13-10-12(11-14(16(13)23)19(4,5)6)22-15-8-7-9-21-17(15)20/h7-11,22-23H,1-6H3. The molecule has 0 aliphatic heterocycles. The predicted octanol–water partition coefficient (Wildman–Crippen LogP) is 5.78. The number of phenols is 1. The van der Waals surface area contributed by atoms with E-state index in [0.29, 0.717) is 10.9 Å². The van der Waals surface area contributed by atoms with E-state index in [0.717, 1.165) is 22.5 Å². The number of hydrogen-bond donors (Lipinski definition) is 2. The van der Waals surface area contributed by atoms with Gasteiger partial charge in [-0.2, -0.15) is 0 Å². The Kier molecular flexibility index (Phi) is 4.63. The van der Waals surface area contributed by atoms with Crippen molar-refractivity contribution in [3.05, 3.63) is 46.7 Å². The number of aromatic hydroxyl groups is 1. The molecule has 0 fully saturated rings. The molecule has 1 aromatic carbocycles. The molecule has 2 aromatic rings. The third kappa shape index (κ3) is 3.97. The lowest BCUT2D eigenvalue weighted by molar-refractivity contribution is 0.423. The first-order valence-electron chi connectivity index (χ1n) is 7.75. The highest BCUT2D eigenvalue weighted by Crippen LogP contribution is 2.41. The lowest BCUT2D eigenvalue weighted by Crippen LogP contribution is -2.17. The Balaban J connectivity index is 2.59. The molecule has 0 bridgehead atoms. The van der Waals surface area contributed by atoms with Crippen molar-refractivity contribution in [2.45, 2.75) is 52.4 Å². The summed E-state index contributed by atoms with van der Waals surface area (Å²) in [6, 6.07) is 7.68. The quantitative estimate of drug-likeness (QED) is 0.541. The molecule has 0 spiro atoms. The Hall–Kier alpha value is -1.74. The topological polar surface area (TPSA) is 45.2 Å². The summed E-state index contributed by atoms with van der Waals surface area (Å²) >= 11 is 6.14. The van der Waals surface area contributed by atoms with E-state index in [4.69, 9.17) is 11.6 Å². The van der Waals surface area contributed by atoms with Crippen molar-refractivity contribution < 1.29 is 5.11 Å². The van der Waals surface area contributed by atoms with Crippen LogP contribution in [0.1, 0.15) is 52.7 Å². The molecule has 3 nitrogen and oxygen atoms in total. The second kappa shape index (κ2) is 6.04. The molecule has 0 atom stereocenters. The molecule has 124 valence electrons. The fourth-order valence-electron chi connectivity index (χ4n) is 2.48. The zero-order chi connectivity index (χ0) is 17.4. The van der Waals surface area contributed by atoms with Gasteiger partial charge in [0.05, 0.1) is 5.69 Å². The summed E-state index contributed by atoms with van der Waals surface area (Å²) in [5.74, 6) is 0.368. The van der Waals surface area contributed by atoms with Crippen molar-refractivity contribution in [1.82, 2.24) is 4.98 Å². The van der Waals surface area contributed by atoms with Gasteiger partial charge >= 0.3 is 0 Å². The van der Waals surface area contributed by atoms with E-state index < -0.39 is 0 Å². The van der Waals surface area contributed by atoms with Crippen LogP contribution in [0.2, 0.25) is 5.15 Å². The minimum Gasteiger partial charge on any atom is -0.507 e. The van der Waals surface area contributed by atoms with Gasteiger partial charge in [-0.15, -0.1) is 0 Å². The lowest BCUT2D eigenvalue weighted by Gasteiger charge is -2.28. The average molecular weight is 333 g/mol. The van der Waals surface area contributed by atoms with Gasteiger partial charge in [-0.1, -0.05) is 53.1 Å². The van der Waals surface area contributed by atoms with Crippen molar-refractivity contribution >= 4 is 23.0 Å². The molecule has 1 aromatic heterocycles. The molecule has 0 aliphatic carbocycles. The van der Waals surface area contributed by atoms with Crippen molar-refractivity contribution in [2.24, 2.45) is 0 Å². The van der Waals surface area contributed by atoms with E-state index in [2.05, 4.69) is 51.8 Å². The normalized spacial score (nSPS) is 12.3. The van der Waals surface area contributed by atoms with Gasteiger partial charge in [-0.3, -0.25) is 0 Å². The molecular formula is C19H25ClN2O. The molecule has 0 unspecified atom stereocenters. The predicted molar refractivity (Wildman–Crippen MR) is 98.0 cm³/mol. The van der Waals surface area contributed by atoms with E-state index in [1.165, 1.54) is 0 Å². The number of rotatable bonds is 2. The Morgan fingerprint density at radius 1 is 1.00 bits per heavy atom. The van der Waals surface area contributed by atoms with Gasteiger partial charge in [0.2, 0.25) is 0 Å².